The number of rotatable bonds is 4. The summed E-state index contributed by atoms with van der Waals surface area (Å²) < 4.78 is 4.61. The fourth-order valence-electron chi connectivity index (χ4n) is 1.43. The lowest BCUT2D eigenvalue weighted by molar-refractivity contribution is -0.384. The highest BCUT2D eigenvalue weighted by atomic mass is 35.5. The highest BCUT2D eigenvalue weighted by Gasteiger charge is 2.19. The summed E-state index contributed by atoms with van der Waals surface area (Å²) >= 11 is 5.82. The third kappa shape index (κ3) is 2.89. The van der Waals surface area contributed by atoms with E-state index in [-0.39, 0.29) is 22.8 Å². The summed E-state index contributed by atoms with van der Waals surface area (Å²) in [7, 11) is 0. The molecule has 0 fully saturated rings. The third-order valence-electron chi connectivity index (χ3n) is 2.34. The SMILES string of the molecule is O=C(NCc1ccon1)c1cccc([N+](=O)[O-])c1Cl. The van der Waals surface area contributed by atoms with Gasteiger partial charge in [0.1, 0.15) is 17.0 Å². The van der Waals surface area contributed by atoms with Gasteiger partial charge in [-0.05, 0) is 6.07 Å². The maximum atomic E-state index is 11.9. The van der Waals surface area contributed by atoms with E-state index in [9.17, 15) is 14.9 Å². The van der Waals surface area contributed by atoms with E-state index < -0.39 is 10.8 Å². The minimum absolute atomic E-state index is 0.0411. The van der Waals surface area contributed by atoms with Crippen molar-refractivity contribution >= 4 is 23.2 Å². The standard InChI is InChI=1S/C11H8ClN3O4/c12-10-8(2-1-3-9(10)15(17)18)11(16)13-6-7-4-5-19-14-7/h1-5H,6H2,(H,13,16). The average molecular weight is 282 g/mol. The molecule has 0 saturated heterocycles. The van der Waals surface area contributed by atoms with Crippen LogP contribution >= 0.6 is 11.6 Å². The van der Waals surface area contributed by atoms with E-state index >= 15 is 0 Å². The summed E-state index contributed by atoms with van der Waals surface area (Å²) in [5.41, 5.74) is 0.269. The molecule has 0 atom stereocenters. The minimum Gasteiger partial charge on any atom is -0.364 e. The van der Waals surface area contributed by atoms with E-state index in [1.807, 2.05) is 0 Å². The molecule has 0 saturated carbocycles. The first-order chi connectivity index (χ1) is 9.09. The lowest BCUT2D eigenvalue weighted by Gasteiger charge is -2.05. The number of nitro groups is 1. The monoisotopic (exact) mass is 281 g/mol. The van der Waals surface area contributed by atoms with E-state index in [4.69, 9.17) is 11.6 Å². The zero-order valence-electron chi connectivity index (χ0n) is 9.50. The highest BCUT2D eigenvalue weighted by molar-refractivity contribution is 6.35. The number of hydrogen-bond acceptors (Lipinski definition) is 5. The van der Waals surface area contributed by atoms with Gasteiger partial charge in [0.2, 0.25) is 0 Å². The molecular weight excluding hydrogens is 274 g/mol. The number of nitrogens with one attached hydrogen (secondary N) is 1. The molecule has 0 spiro atoms. The predicted octanol–water partition coefficient (Wildman–Crippen LogP) is 2.17. The fourth-order valence-corrected chi connectivity index (χ4v) is 1.71. The lowest BCUT2D eigenvalue weighted by Crippen LogP contribution is -2.23. The van der Waals surface area contributed by atoms with Gasteiger partial charge in [-0.15, -0.1) is 0 Å². The van der Waals surface area contributed by atoms with Gasteiger partial charge in [0, 0.05) is 12.1 Å². The maximum Gasteiger partial charge on any atom is 0.288 e. The summed E-state index contributed by atoms with van der Waals surface area (Å²) in [5, 5.41) is 16.7. The van der Waals surface area contributed by atoms with Crippen molar-refractivity contribution in [1.82, 2.24) is 10.5 Å². The molecule has 0 unspecified atom stereocenters. The Morgan fingerprint density at radius 1 is 1.47 bits per heavy atom. The van der Waals surface area contributed by atoms with Crippen molar-refractivity contribution < 1.29 is 14.2 Å². The summed E-state index contributed by atoms with van der Waals surface area (Å²) in [6, 6.07) is 5.63. The Labute approximate surface area is 112 Å². The number of halogens is 1. The largest absolute Gasteiger partial charge is 0.364 e. The molecule has 1 amide bonds. The summed E-state index contributed by atoms with van der Waals surface area (Å²) in [6.07, 6.45) is 1.38. The Morgan fingerprint density at radius 3 is 2.89 bits per heavy atom. The predicted molar refractivity (Wildman–Crippen MR) is 65.8 cm³/mol. The molecule has 1 heterocycles. The van der Waals surface area contributed by atoms with Crippen LogP contribution in [-0.4, -0.2) is 16.0 Å². The molecule has 0 aliphatic rings. The van der Waals surface area contributed by atoms with E-state index in [2.05, 4.69) is 15.0 Å². The molecule has 1 N–H and O–H groups in total. The number of benzene rings is 1. The molecule has 7 nitrogen and oxygen atoms in total. The van der Waals surface area contributed by atoms with Gasteiger partial charge in [-0.3, -0.25) is 14.9 Å². The van der Waals surface area contributed by atoms with Crippen LogP contribution in [0.2, 0.25) is 5.02 Å². The second kappa shape index (κ2) is 5.49. The number of aromatic nitrogens is 1. The fraction of sp³-hybridized carbons (Fsp3) is 0.0909. The van der Waals surface area contributed by atoms with Crippen molar-refractivity contribution in [2.24, 2.45) is 0 Å². The van der Waals surface area contributed by atoms with Gasteiger partial charge in [0.05, 0.1) is 17.0 Å². The molecule has 1 aromatic carbocycles. The van der Waals surface area contributed by atoms with Crippen molar-refractivity contribution in [2.45, 2.75) is 6.54 Å². The Balaban J connectivity index is 2.15. The van der Waals surface area contributed by atoms with Crippen LogP contribution < -0.4 is 5.32 Å². The molecule has 98 valence electrons. The van der Waals surface area contributed by atoms with Crippen LogP contribution in [0.15, 0.2) is 35.1 Å². The van der Waals surface area contributed by atoms with Crippen LogP contribution in [0.25, 0.3) is 0 Å². The minimum atomic E-state index is -0.642. The molecule has 0 radical (unpaired) electrons. The summed E-state index contributed by atoms with van der Waals surface area (Å²) in [4.78, 5) is 21.9. The highest BCUT2D eigenvalue weighted by Crippen LogP contribution is 2.27. The Kier molecular flexibility index (Phi) is 3.76. The lowest BCUT2D eigenvalue weighted by atomic mass is 10.2. The van der Waals surface area contributed by atoms with Crippen LogP contribution in [0, 0.1) is 10.1 Å². The topological polar surface area (TPSA) is 98.3 Å². The summed E-state index contributed by atoms with van der Waals surface area (Å²) in [6.45, 7) is 0.147. The molecule has 19 heavy (non-hydrogen) atoms. The van der Waals surface area contributed by atoms with Gasteiger partial charge >= 0.3 is 0 Å². The van der Waals surface area contributed by atoms with Crippen LogP contribution in [0.3, 0.4) is 0 Å². The van der Waals surface area contributed by atoms with Crippen molar-refractivity contribution in [3.05, 3.63) is 56.9 Å². The van der Waals surface area contributed by atoms with E-state index in [1.54, 1.807) is 6.07 Å². The summed E-state index contributed by atoms with van der Waals surface area (Å²) in [5.74, 6) is -0.517. The van der Waals surface area contributed by atoms with Gasteiger partial charge in [-0.1, -0.05) is 22.8 Å². The molecule has 1 aromatic heterocycles. The molecular formula is C11H8ClN3O4. The van der Waals surface area contributed by atoms with Crippen molar-refractivity contribution in [3.8, 4) is 0 Å². The van der Waals surface area contributed by atoms with Crippen molar-refractivity contribution in [2.75, 3.05) is 0 Å². The number of amides is 1. The van der Waals surface area contributed by atoms with Gasteiger partial charge in [-0.2, -0.15) is 0 Å². The van der Waals surface area contributed by atoms with Gasteiger partial charge in [0.15, 0.2) is 0 Å². The van der Waals surface area contributed by atoms with Gasteiger partial charge in [0.25, 0.3) is 11.6 Å². The molecule has 0 bridgehead atoms. The third-order valence-corrected chi connectivity index (χ3v) is 2.74. The van der Waals surface area contributed by atoms with Crippen LogP contribution in [0.1, 0.15) is 16.1 Å². The number of nitro benzene ring substituents is 1. The van der Waals surface area contributed by atoms with Crippen LogP contribution in [-0.2, 0) is 6.54 Å². The maximum absolute atomic E-state index is 11.9. The molecule has 8 heteroatoms. The zero-order chi connectivity index (χ0) is 13.8. The second-order valence-corrected chi connectivity index (χ2v) is 3.95. The zero-order valence-corrected chi connectivity index (χ0v) is 10.3. The molecule has 0 aliphatic carbocycles. The van der Waals surface area contributed by atoms with E-state index in [1.165, 1.54) is 24.5 Å². The first-order valence-corrected chi connectivity index (χ1v) is 5.57. The van der Waals surface area contributed by atoms with Crippen LogP contribution in [0.4, 0.5) is 5.69 Å². The quantitative estimate of drug-likeness (QED) is 0.684. The van der Waals surface area contributed by atoms with Gasteiger partial charge in [-0.25, -0.2) is 0 Å². The number of hydrogen-bond donors (Lipinski definition) is 1. The Hall–Kier alpha value is -2.41. The van der Waals surface area contributed by atoms with Gasteiger partial charge < -0.3 is 9.84 Å². The van der Waals surface area contributed by atoms with E-state index in [0.29, 0.717) is 5.69 Å². The van der Waals surface area contributed by atoms with Crippen molar-refractivity contribution in [1.29, 1.82) is 0 Å². The Bertz CT molecular complexity index is 612. The molecule has 2 rings (SSSR count). The second-order valence-electron chi connectivity index (χ2n) is 3.57. The molecule has 2 aromatic rings. The first kappa shape index (κ1) is 13.0. The van der Waals surface area contributed by atoms with Crippen molar-refractivity contribution in [3.63, 3.8) is 0 Å². The number of nitrogens with zero attached hydrogens (tertiary/aromatic N) is 2. The van der Waals surface area contributed by atoms with E-state index in [0.717, 1.165) is 0 Å². The normalized spacial score (nSPS) is 10.2. The van der Waals surface area contributed by atoms with Crippen LogP contribution in [0.5, 0.6) is 0 Å². The average Bonchev–Trinajstić information content (AvgIpc) is 2.89. The first-order valence-electron chi connectivity index (χ1n) is 5.20. The smallest absolute Gasteiger partial charge is 0.288 e. The number of carbonyl (C=O) groups excluding carboxylic acids is 1. The number of carbonyl (C=O) groups is 1. The Morgan fingerprint density at radius 2 is 2.26 bits per heavy atom. The molecule has 0 aliphatic heterocycles.